The summed E-state index contributed by atoms with van der Waals surface area (Å²) in [6, 6.07) is 28.6. The van der Waals surface area contributed by atoms with Crippen molar-refractivity contribution in [2.24, 2.45) is 0 Å². The fourth-order valence-electron chi connectivity index (χ4n) is 4.14. The highest BCUT2D eigenvalue weighted by Crippen LogP contribution is 2.47. The van der Waals surface area contributed by atoms with E-state index in [1.165, 1.54) is 0 Å². The Balaban J connectivity index is 1.31. The molecule has 0 saturated heterocycles. The lowest BCUT2D eigenvalue weighted by Gasteiger charge is -2.30. The van der Waals surface area contributed by atoms with E-state index in [1.54, 1.807) is 34.1 Å². The number of hydrogen-bond acceptors (Lipinski definition) is 6. The van der Waals surface area contributed by atoms with E-state index < -0.39 is 5.97 Å². The molecule has 1 aliphatic rings. The van der Waals surface area contributed by atoms with Crippen LogP contribution in [0, 0.1) is 0 Å². The number of pyridine rings is 1. The quantitative estimate of drug-likeness (QED) is 0.253. The Kier molecular flexibility index (Phi) is 5.56. The van der Waals surface area contributed by atoms with Gasteiger partial charge in [-0.2, -0.15) is 0 Å². The lowest BCUT2D eigenvalue weighted by molar-refractivity contribution is -0.121. The predicted molar refractivity (Wildman–Crippen MR) is 139 cm³/mol. The maximum absolute atomic E-state index is 13.4. The fourth-order valence-corrected chi connectivity index (χ4v) is 5.88. The number of fused-ring (bicyclic) bond motifs is 3. The number of para-hydroxylation sites is 3. The molecular formula is C28H18N2O3S2. The van der Waals surface area contributed by atoms with Crippen LogP contribution in [0.5, 0.6) is 0 Å². The van der Waals surface area contributed by atoms with Gasteiger partial charge in [0.05, 0.1) is 33.0 Å². The Morgan fingerprint density at radius 3 is 2.23 bits per heavy atom. The van der Waals surface area contributed by atoms with E-state index in [2.05, 4.69) is 0 Å². The number of aromatic nitrogens is 1. The van der Waals surface area contributed by atoms with E-state index in [0.717, 1.165) is 26.0 Å². The van der Waals surface area contributed by atoms with Crippen molar-refractivity contribution in [2.75, 3.05) is 11.5 Å². The van der Waals surface area contributed by atoms with Crippen LogP contribution in [0.4, 0.5) is 11.4 Å². The molecule has 5 aromatic rings. The van der Waals surface area contributed by atoms with Gasteiger partial charge in [0.15, 0.2) is 6.61 Å². The number of carbonyl (C=O) groups excluding carboxylic acids is 2. The summed E-state index contributed by atoms with van der Waals surface area (Å²) < 4.78 is 5.59. The molecule has 7 heteroatoms. The highest BCUT2D eigenvalue weighted by Gasteiger charge is 2.28. The molecule has 0 fully saturated rings. The van der Waals surface area contributed by atoms with Gasteiger partial charge < -0.3 is 4.74 Å². The van der Waals surface area contributed by atoms with Gasteiger partial charge in [-0.15, -0.1) is 11.3 Å². The Morgan fingerprint density at radius 1 is 0.829 bits per heavy atom. The van der Waals surface area contributed by atoms with E-state index in [0.29, 0.717) is 22.2 Å². The lowest BCUT2D eigenvalue weighted by Crippen LogP contribution is -2.32. The Bertz CT molecular complexity index is 1540. The number of ether oxygens (including phenoxy) is 1. The van der Waals surface area contributed by atoms with Gasteiger partial charge >= 0.3 is 5.97 Å². The average molecular weight is 495 g/mol. The molecule has 35 heavy (non-hydrogen) atoms. The zero-order valence-electron chi connectivity index (χ0n) is 18.4. The normalized spacial score (nSPS) is 12.2. The molecule has 1 amide bonds. The van der Waals surface area contributed by atoms with E-state index in [4.69, 9.17) is 9.72 Å². The molecule has 6 rings (SSSR count). The molecule has 3 heterocycles. The van der Waals surface area contributed by atoms with Gasteiger partial charge in [0.2, 0.25) is 0 Å². The third-order valence-corrected chi connectivity index (χ3v) is 7.74. The Morgan fingerprint density at radius 2 is 1.51 bits per heavy atom. The second-order valence-electron chi connectivity index (χ2n) is 7.89. The van der Waals surface area contributed by atoms with Gasteiger partial charge in [0.25, 0.3) is 5.91 Å². The number of nitrogens with zero attached hydrogens (tertiary/aromatic N) is 2. The highest BCUT2D eigenvalue weighted by molar-refractivity contribution is 7.99. The molecule has 2 aromatic heterocycles. The summed E-state index contributed by atoms with van der Waals surface area (Å²) in [7, 11) is 0. The Hall–Kier alpha value is -3.94. The second kappa shape index (κ2) is 9.02. The molecule has 0 bridgehead atoms. The van der Waals surface area contributed by atoms with Gasteiger partial charge in [0.1, 0.15) is 0 Å². The number of amides is 1. The number of hydrogen-bond donors (Lipinski definition) is 0. The number of rotatable bonds is 4. The molecule has 3 aromatic carbocycles. The van der Waals surface area contributed by atoms with Crippen molar-refractivity contribution in [2.45, 2.75) is 9.79 Å². The van der Waals surface area contributed by atoms with Gasteiger partial charge in [-0.05, 0) is 47.8 Å². The monoisotopic (exact) mass is 494 g/mol. The predicted octanol–water partition coefficient (Wildman–Crippen LogP) is 6.95. The first-order valence-corrected chi connectivity index (χ1v) is 12.7. The summed E-state index contributed by atoms with van der Waals surface area (Å²) in [5, 5.41) is 2.66. The molecule has 5 nitrogen and oxygen atoms in total. The zero-order valence-corrected chi connectivity index (χ0v) is 20.0. The van der Waals surface area contributed by atoms with E-state index in [-0.39, 0.29) is 12.5 Å². The van der Waals surface area contributed by atoms with Crippen molar-refractivity contribution in [3.63, 3.8) is 0 Å². The van der Waals surface area contributed by atoms with E-state index >= 15 is 0 Å². The number of esters is 1. The maximum Gasteiger partial charge on any atom is 0.339 e. The molecular weight excluding hydrogens is 476 g/mol. The van der Waals surface area contributed by atoms with E-state index in [1.807, 2.05) is 90.3 Å². The minimum Gasteiger partial charge on any atom is -0.452 e. The summed E-state index contributed by atoms with van der Waals surface area (Å²) in [5.41, 5.74) is 3.36. The molecule has 0 aliphatic carbocycles. The van der Waals surface area contributed by atoms with Crippen molar-refractivity contribution in [1.29, 1.82) is 0 Å². The molecule has 0 N–H and O–H groups in total. The van der Waals surface area contributed by atoms with Crippen LogP contribution in [0.25, 0.3) is 21.5 Å². The van der Waals surface area contributed by atoms with Crippen molar-refractivity contribution in [3.05, 3.63) is 102 Å². The van der Waals surface area contributed by atoms with Crippen LogP contribution in [0.3, 0.4) is 0 Å². The molecule has 0 saturated carbocycles. The first kappa shape index (κ1) is 21.6. The van der Waals surface area contributed by atoms with Crippen molar-refractivity contribution in [3.8, 4) is 10.6 Å². The second-order valence-corrected chi connectivity index (χ2v) is 9.92. The topological polar surface area (TPSA) is 59.5 Å². The van der Waals surface area contributed by atoms with Crippen LogP contribution in [-0.4, -0.2) is 23.5 Å². The summed E-state index contributed by atoms with van der Waals surface area (Å²) in [4.78, 5) is 35.9. The molecule has 170 valence electrons. The molecule has 1 aliphatic heterocycles. The van der Waals surface area contributed by atoms with Crippen LogP contribution >= 0.6 is 23.1 Å². The lowest BCUT2D eigenvalue weighted by atomic mass is 10.1. The van der Waals surface area contributed by atoms with Gasteiger partial charge in [-0.3, -0.25) is 9.69 Å². The molecule has 0 radical (unpaired) electrons. The van der Waals surface area contributed by atoms with Crippen LogP contribution in [0.15, 0.2) is 106 Å². The van der Waals surface area contributed by atoms with Crippen LogP contribution in [0.1, 0.15) is 10.4 Å². The van der Waals surface area contributed by atoms with Gasteiger partial charge in [-0.1, -0.05) is 60.3 Å². The third kappa shape index (κ3) is 3.99. The maximum atomic E-state index is 13.4. The first-order valence-electron chi connectivity index (χ1n) is 11.0. The summed E-state index contributed by atoms with van der Waals surface area (Å²) in [6.07, 6.45) is 0. The molecule has 0 spiro atoms. The summed E-state index contributed by atoms with van der Waals surface area (Å²) >= 11 is 3.17. The fraction of sp³-hybridized carbons (Fsp3) is 0.0357. The molecule has 0 atom stereocenters. The minimum atomic E-state index is -0.553. The first-order chi connectivity index (χ1) is 17.2. The van der Waals surface area contributed by atoms with E-state index in [9.17, 15) is 9.59 Å². The zero-order chi connectivity index (χ0) is 23.8. The number of carbonyl (C=O) groups is 2. The summed E-state index contributed by atoms with van der Waals surface area (Å²) in [6.45, 7) is -0.378. The number of benzene rings is 3. The standard InChI is InChI=1S/C28H18N2O3S2/c31-27(30-22-10-3-5-12-25(22)35-26-13-6-4-11-23(26)30)17-33-28(32)19-16-21(24-14-7-15-34-24)29-20-9-2-1-8-18(19)20/h1-16H,17H2. The Labute approximate surface area is 210 Å². The minimum absolute atomic E-state index is 0.310. The largest absolute Gasteiger partial charge is 0.452 e. The van der Waals surface area contributed by atoms with Gasteiger partial charge in [-0.25, -0.2) is 9.78 Å². The number of anilines is 2. The van der Waals surface area contributed by atoms with Crippen molar-refractivity contribution in [1.82, 2.24) is 4.98 Å². The van der Waals surface area contributed by atoms with Crippen LogP contribution in [-0.2, 0) is 9.53 Å². The molecule has 0 unspecified atom stereocenters. The summed E-state index contributed by atoms with van der Waals surface area (Å²) in [5.74, 6) is -0.863. The van der Waals surface area contributed by atoms with Crippen LogP contribution < -0.4 is 4.90 Å². The average Bonchev–Trinajstić information content (AvgIpc) is 3.45. The van der Waals surface area contributed by atoms with Crippen molar-refractivity contribution >= 4 is 57.3 Å². The highest BCUT2D eigenvalue weighted by atomic mass is 32.2. The van der Waals surface area contributed by atoms with Crippen LogP contribution in [0.2, 0.25) is 0 Å². The van der Waals surface area contributed by atoms with Gasteiger partial charge in [0, 0.05) is 15.2 Å². The SMILES string of the molecule is O=C(OCC(=O)N1c2ccccc2Sc2ccccc21)c1cc(-c2cccs2)nc2ccccc12. The smallest absolute Gasteiger partial charge is 0.339 e. The van der Waals surface area contributed by atoms with Crippen molar-refractivity contribution < 1.29 is 14.3 Å². The third-order valence-electron chi connectivity index (χ3n) is 5.72. The number of thiophene rings is 1.